The van der Waals surface area contributed by atoms with E-state index in [9.17, 15) is 19.2 Å². The first-order chi connectivity index (χ1) is 32.0. The number of aliphatic imine (C=N–C) groups is 1. The van der Waals surface area contributed by atoms with Crippen LogP contribution < -0.4 is 10.6 Å². The van der Waals surface area contributed by atoms with Crippen LogP contribution in [0.4, 0.5) is 15.3 Å². The van der Waals surface area contributed by atoms with Gasteiger partial charge in [0.25, 0.3) is 0 Å². The maximum atomic E-state index is 14.4. The fourth-order valence-electron chi connectivity index (χ4n) is 11.1. The largest absolute Gasteiger partial charge is 0.453 e. The smallest absolute Gasteiger partial charge is 0.407 e. The van der Waals surface area contributed by atoms with Crippen LogP contribution in [0.15, 0.2) is 65.8 Å². The number of aromatic amines is 1. The van der Waals surface area contributed by atoms with Gasteiger partial charge in [0.05, 0.1) is 52.0 Å². The van der Waals surface area contributed by atoms with Gasteiger partial charge in [-0.3, -0.25) is 14.6 Å². The van der Waals surface area contributed by atoms with Crippen LogP contribution in [0, 0.1) is 11.8 Å². The van der Waals surface area contributed by atoms with Gasteiger partial charge in [0.2, 0.25) is 11.8 Å². The first kappa shape index (κ1) is 45.6. The number of nitrogens with one attached hydrogen (secondary N) is 3. The van der Waals surface area contributed by atoms with Crippen molar-refractivity contribution in [2.24, 2.45) is 16.8 Å². The number of benzene rings is 3. The first-order valence-electron chi connectivity index (χ1n) is 23.7. The van der Waals surface area contributed by atoms with Crippen molar-refractivity contribution in [1.82, 2.24) is 30.4 Å². The van der Waals surface area contributed by atoms with Gasteiger partial charge in [0.1, 0.15) is 17.9 Å². The lowest BCUT2D eigenvalue weighted by Gasteiger charge is -2.32. The van der Waals surface area contributed by atoms with E-state index in [1.165, 1.54) is 19.8 Å². The number of likely N-dealkylation sites (tertiary alicyclic amines) is 1. The molecule has 9 rings (SSSR count). The van der Waals surface area contributed by atoms with E-state index in [1.807, 2.05) is 16.0 Å². The Bertz CT molecular complexity index is 2460. The molecule has 0 bridgehead atoms. The predicted molar refractivity (Wildman–Crippen MR) is 254 cm³/mol. The molecule has 350 valence electrons. The highest BCUT2D eigenvalue weighted by Crippen LogP contribution is 2.41. The molecule has 16 heteroatoms. The molecule has 0 radical (unpaired) electrons. The summed E-state index contributed by atoms with van der Waals surface area (Å²) >= 11 is 0. The third kappa shape index (κ3) is 9.63. The van der Waals surface area contributed by atoms with Crippen molar-refractivity contribution in [2.45, 2.75) is 101 Å². The molecule has 0 saturated carbocycles. The first-order valence-corrected chi connectivity index (χ1v) is 27.2. The van der Waals surface area contributed by atoms with Crippen LogP contribution in [0.2, 0.25) is 19.1 Å². The molecule has 4 amide bonds. The van der Waals surface area contributed by atoms with Crippen LogP contribution in [-0.2, 0) is 35.0 Å². The Hall–Kier alpha value is -5.58. The zero-order valence-corrected chi connectivity index (χ0v) is 39.6. The molecule has 4 fully saturated rings. The van der Waals surface area contributed by atoms with Gasteiger partial charge in [-0.15, -0.1) is 0 Å². The Morgan fingerprint density at radius 1 is 0.742 bits per heavy atom. The highest BCUT2D eigenvalue weighted by atomic mass is 28.3. The summed E-state index contributed by atoms with van der Waals surface area (Å²) in [5, 5.41) is 8.05. The molecule has 1 aromatic heterocycles. The molecule has 15 nitrogen and oxygen atoms in total. The number of carbonyl (C=O) groups is 4. The molecular formula is C50H63N7O8Si. The Labute approximate surface area is 387 Å². The van der Waals surface area contributed by atoms with E-state index in [-0.39, 0.29) is 35.7 Å². The quantitative estimate of drug-likeness (QED) is 0.134. The molecule has 5 aliphatic rings. The van der Waals surface area contributed by atoms with Crippen molar-refractivity contribution in [3.05, 3.63) is 72.2 Å². The Morgan fingerprint density at radius 2 is 1.38 bits per heavy atom. The lowest BCUT2D eigenvalue weighted by Crippen LogP contribution is -2.54. The standard InChI is InChI=1S/C50H63N7O8Si/c1-62-49(60)54-44(33-8-6-22-64-24-19-33)47(58)56-21-5-10-42(56)40-27-38-37-17-15-35(26-36(37)16-18-39(38)52-40)31-11-13-32(14-12-31)41-28-51-46(53-41)43-29-66(3,4)30-57(43)48(59)45(55-50(61)63-2)34-9-7-23-65-25-20-34/h11-18,26,28,33-34,42-45H,5-10,19-25,27,29-30H2,1-4H3,(H,51,53)(H,54,60)(H,55,61)/t33?,34?,42-,43-,44-,45-/m0/s1. The van der Waals surface area contributed by atoms with Crippen LogP contribution in [-0.4, -0.2) is 129 Å². The van der Waals surface area contributed by atoms with Crippen LogP contribution >= 0.6 is 0 Å². The monoisotopic (exact) mass is 917 g/mol. The number of hydrogen-bond acceptors (Lipinski definition) is 10. The molecular weight excluding hydrogens is 855 g/mol. The van der Waals surface area contributed by atoms with Crippen LogP contribution in [0.3, 0.4) is 0 Å². The van der Waals surface area contributed by atoms with Gasteiger partial charge in [0.15, 0.2) is 0 Å². The highest BCUT2D eigenvalue weighted by Gasteiger charge is 2.47. The SMILES string of the molecule is COC(=O)N[C@H](C(=O)N1CCC[C@H]1C1=Nc2ccc3cc(-c4ccc(-c5cnc([C@@H]6C[Si](C)(C)CN6C(=O)[C@@H](NC(=O)OC)C6CCCOCC6)[nH]5)cc4)ccc3c2C1)C1CCCOCC1. The van der Waals surface area contributed by atoms with Gasteiger partial charge < -0.3 is 44.4 Å². The minimum absolute atomic E-state index is 0.0259. The number of H-pyrrole nitrogens is 1. The number of carbonyl (C=O) groups excluding carboxylic acids is 4. The van der Waals surface area contributed by atoms with Crippen molar-refractivity contribution >= 4 is 54.2 Å². The van der Waals surface area contributed by atoms with Crippen molar-refractivity contribution in [2.75, 3.05) is 53.4 Å². The molecule has 6 heterocycles. The number of ether oxygens (including phenoxy) is 4. The second-order valence-corrected chi connectivity index (χ2v) is 24.5. The second-order valence-electron chi connectivity index (χ2n) is 19.4. The van der Waals surface area contributed by atoms with Crippen molar-refractivity contribution in [3.63, 3.8) is 0 Å². The number of nitrogens with zero attached hydrogens (tertiary/aromatic N) is 4. The van der Waals surface area contributed by atoms with E-state index in [1.54, 1.807) is 0 Å². The number of alkyl carbamates (subject to hydrolysis) is 2. The normalized spacial score (nSPS) is 23.8. The average molecular weight is 918 g/mol. The summed E-state index contributed by atoms with van der Waals surface area (Å²) in [6.45, 7) is 7.68. The van der Waals surface area contributed by atoms with E-state index < -0.39 is 32.3 Å². The molecule has 3 aromatic carbocycles. The van der Waals surface area contributed by atoms with E-state index in [4.69, 9.17) is 28.9 Å². The second kappa shape index (κ2) is 19.7. The number of imidazole rings is 1. The molecule has 4 aromatic rings. The summed E-state index contributed by atoms with van der Waals surface area (Å²) in [4.78, 5) is 71.1. The Morgan fingerprint density at radius 3 is 2.05 bits per heavy atom. The maximum Gasteiger partial charge on any atom is 0.407 e. The molecule has 2 unspecified atom stereocenters. The topological polar surface area (TPSA) is 177 Å². The van der Waals surface area contributed by atoms with Gasteiger partial charge >= 0.3 is 12.2 Å². The number of rotatable bonds is 10. The summed E-state index contributed by atoms with van der Waals surface area (Å²) in [6, 6.07) is 18.4. The highest BCUT2D eigenvalue weighted by molar-refractivity contribution is 6.78. The summed E-state index contributed by atoms with van der Waals surface area (Å²) < 4.78 is 21.3. The third-order valence-electron chi connectivity index (χ3n) is 14.5. The average Bonchev–Trinajstić information content (AvgIpc) is 4.09. The van der Waals surface area contributed by atoms with Crippen LogP contribution in [0.5, 0.6) is 0 Å². The van der Waals surface area contributed by atoms with Crippen molar-refractivity contribution in [1.29, 1.82) is 0 Å². The molecule has 5 aliphatic heterocycles. The lowest BCUT2D eigenvalue weighted by atomic mass is 9.90. The number of fused-ring (bicyclic) bond motifs is 3. The molecule has 4 saturated heterocycles. The summed E-state index contributed by atoms with van der Waals surface area (Å²) in [7, 11) is 0.855. The minimum atomic E-state index is -1.80. The van der Waals surface area contributed by atoms with Gasteiger partial charge in [-0.05, 0) is 114 Å². The van der Waals surface area contributed by atoms with E-state index in [2.05, 4.69) is 83.3 Å². The fraction of sp³-hybridized carbons (Fsp3) is 0.520. The Kier molecular flexibility index (Phi) is 13.6. The van der Waals surface area contributed by atoms with E-state index in [0.717, 1.165) is 94.9 Å². The van der Waals surface area contributed by atoms with Gasteiger partial charge in [-0.25, -0.2) is 14.6 Å². The van der Waals surface area contributed by atoms with E-state index >= 15 is 0 Å². The molecule has 0 spiro atoms. The zero-order chi connectivity index (χ0) is 46.0. The molecule has 3 N–H and O–H groups in total. The van der Waals surface area contributed by atoms with E-state index in [0.29, 0.717) is 58.4 Å². The number of hydrogen-bond donors (Lipinski definition) is 3. The summed E-state index contributed by atoms with van der Waals surface area (Å²) in [6.07, 6.45) is 8.40. The lowest BCUT2D eigenvalue weighted by molar-refractivity contribution is -0.136. The van der Waals surface area contributed by atoms with Gasteiger partial charge in [-0.1, -0.05) is 55.6 Å². The zero-order valence-electron chi connectivity index (χ0n) is 38.6. The van der Waals surface area contributed by atoms with Crippen LogP contribution in [0.1, 0.15) is 68.8 Å². The van der Waals surface area contributed by atoms with Crippen molar-refractivity contribution < 1.29 is 38.1 Å². The van der Waals surface area contributed by atoms with Gasteiger partial charge in [0, 0.05) is 51.3 Å². The van der Waals surface area contributed by atoms with Crippen molar-refractivity contribution in [3.8, 4) is 22.4 Å². The summed E-state index contributed by atoms with van der Waals surface area (Å²) in [5.41, 5.74) is 7.17. The van der Waals surface area contributed by atoms with Crippen LogP contribution in [0.25, 0.3) is 33.2 Å². The third-order valence-corrected chi connectivity index (χ3v) is 17.2. The Balaban J connectivity index is 0.887. The maximum absolute atomic E-state index is 14.4. The fourth-order valence-corrected chi connectivity index (χ4v) is 13.9. The predicted octanol–water partition coefficient (Wildman–Crippen LogP) is 7.73. The molecule has 0 aliphatic carbocycles. The minimum Gasteiger partial charge on any atom is -0.453 e. The molecule has 66 heavy (non-hydrogen) atoms. The van der Waals surface area contributed by atoms with Gasteiger partial charge in [-0.2, -0.15) is 0 Å². The number of amides is 4. The number of aromatic nitrogens is 2. The number of methoxy groups -OCH3 is 2. The molecule has 6 atom stereocenters. The summed E-state index contributed by atoms with van der Waals surface area (Å²) in [5.74, 6) is 0.536.